The number of hydrogen-bond acceptors (Lipinski definition) is 6. The highest BCUT2D eigenvalue weighted by atomic mass is 32.1. The van der Waals surface area contributed by atoms with Gasteiger partial charge in [-0.15, -0.1) is 11.3 Å². The van der Waals surface area contributed by atoms with Crippen LogP contribution in [0.2, 0.25) is 0 Å². The molecule has 6 nitrogen and oxygen atoms in total. The summed E-state index contributed by atoms with van der Waals surface area (Å²) in [6.07, 6.45) is 2.39. The fourth-order valence-corrected chi connectivity index (χ4v) is 5.14. The smallest absolute Gasteiger partial charge is 0.301 e. The molecule has 3 aromatic rings. The number of ketones is 1. The number of carbonyl (C=O) groups excluding carboxylic acids is 2. The van der Waals surface area contributed by atoms with E-state index in [0.717, 1.165) is 28.9 Å². The molecule has 2 unspecified atom stereocenters. The number of fused-ring (bicyclic) bond motifs is 1. The molecule has 1 aromatic heterocycles. The van der Waals surface area contributed by atoms with Gasteiger partial charge in [0, 0.05) is 23.6 Å². The number of aromatic nitrogens is 1. The third kappa shape index (κ3) is 3.62. The zero-order valence-electron chi connectivity index (χ0n) is 18.6. The number of ether oxygens (including phenoxy) is 1. The van der Waals surface area contributed by atoms with Crippen LogP contribution in [0.3, 0.4) is 0 Å². The molecule has 3 heterocycles. The Bertz CT molecular complexity index is 1260. The van der Waals surface area contributed by atoms with Gasteiger partial charge in [-0.05, 0) is 47.7 Å². The second-order valence-electron chi connectivity index (χ2n) is 8.76. The summed E-state index contributed by atoms with van der Waals surface area (Å²) < 4.78 is 5.76. The largest absolute Gasteiger partial charge is 0.507 e. The first-order valence-corrected chi connectivity index (χ1v) is 11.8. The normalized spacial score (nSPS) is 21.5. The van der Waals surface area contributed by atoms with E-state index in [4.69, 9.17) is 4.74 Å². The molecule has 7 heteroatoms. The van der Waals surface area contributed by atoms with Gasteiger partial charge in [0.25, 0.3) is 5.78 Å². The highest BCUT2D eigenvalue weighted by molar-refractivity contribution is 7.14. The number of carbonyl (C=O) groups is 2. The Morgan fingerprint density at radius 2 is 1.94 bits per heavy atom. The molecule has 0 bridgehead atoms. The summed E-state index contributed by atoms with van der Waals surface area (Å²) in [7, 11) is 0. The molecule has 33 heavy (non-hydrogen) atoms. The lowest BCUT2D eigenvalue weighted by molar-refractivity contribution is -0.132. The number of anilines is 1. The summed E-state index contributed by atoms with van der Waals surface area (Å²) in [6, 6.07) is 12.4. The number of benzene rings is 2. The Morgan fingerprint density at radius 3 is 2.61 bits per heavy atom. The summed E-state index contributed by atoms with van der Waals surface area (Å²) in [5.74, 6) is -0.468. The lowest BCUT2D eigenvalue weighted by Crippen LogP contribution is -2.29. The van der Waals surface area contributed by atoms with E-state index in [1.54, 1.807) is 23.7 Å². The van der Waals surface area contributed by atoms with Gasteiger partial charge in [-0.3, -0.25) is 14.5 Å². The van der Waals surface area contributed by atoms with Crippen molar-refractivity contribution in [3.63, 3.8) is 0 Å². The molecular weight excluding hydrogens is 436 g/mol. The van der Waals surface area contributed by atoms with Gasteiger partial charge < -0.3 is 9.84 Å². The zero-order valence-corrected chi connectivity index (χ0v) is 19.4. The molecule has 1 amide bonds. The van der Waals surface area contributed by atoms with Gasteiger partial charge in [-0.1, -0.05) is 38.1 Å². The summed E-state index contributed by atoms with van der Waals surface area (Å²) in [4.78, 5) is 32.0. The maximum absolute atomic E-state index is 13.2. The van der Waals surface area contributed by atoms with Crippen molar-refractivity contribution in [3.8, 4) is 5.75 Å². The van der Waals surface area contributed by atoms with Gasteiger partial charge in [-0.2, -0.15) is 0 Å². The van der Waals surface area contributed by atoms with Gasteiger partial charge in [0.15, 0.2) is 5.13 Å². The lowest BCUT2D eigenvalue weighted by atomic mass is 9.93. The van der Waals surface area contributed by atoms with Crippen LogP contribution in [0, 0.1) is 0 Å². The van der Waals surface area contributed by atoms with Gasteiger partial charge in [0.1, 0.15) is 17.6 Å². The number of amides is 1. The first-order valence-electron chi connectivity index (χ1n) is 11.0. The van der Waals surface area contributed by atoms with Crippen LogP contribution in [-0.2, 0) is 16.0 Å². The van der Waals surface area contributed by atoms with Crippen LogP contribution >= 0.6 is 11.3 Å². The molecule has 5 rings (SSSR count). The van der Waals surface area contributed by atoms with Crippen molar-refractivity contribution in [1.82, 2.24) is 4.98 Å². The number of nitrogens with zero attached hydrogens (tertiary/aromatic N) is 2. The van der Waals surface area contributed by atoms with Gasteiger partial charge in [-0.25, -0.2) is 4.98 Å². The molecule has 1 fully saturated rings. The average Bonchev–Trinajstić information content (AvgIpc) is 3.51. The summed E-state index contributed by atoms with van der Waals surface area (Å²) in [5.41, 5.74) is 3.43. The summed E-state index contributed by atoms with van der Waals surface area (Å²) >= 11 is 1.28. The number of rotatable bonds is 4. The predicted octanol–water partition coefficient (Wildman–Crippen LogP) is 5.22. The fourth-order valence-electron chi connectivity index (χ4n) is 4.47. The highest BCUT2D eigenvalue weighted by Crippen LogP contribution is 2.43. The molecule has 1 saturated heterocycles. The molecule has 2 aliphatic heterocycles. The topological polar surface area (TPSA) is 79.7 Å². The van der Waals surface area contributed by atoms with Crippen LogP contribution in [0.15, 0.2) is 59.6 Å². The first-order chi connectivity index (χ1) is 15.8. The van der Waals surface area contributed by atoms with E-state index < -0.39 is 17.7 Å². The van der Waals surface area contributed by atoms with Crippen molar-refractivity contribution in [2.75, 3.05) is 4.90 Å². The first kappa shape index (κ1) is 21.4. The van der Waals surface area contributed by atoms with Crippen LogP contribution in [0.5, 0.6) is 5.75 Å². The third-order valence-electron chi connectivity index (χ3n) is 6.16. The minimum absolute atomic E-state index is 0.0624. The van der Waals surface area contributed by atoms with E-state index >= 15 is 0 Å². The molecule has 2 atom stereocenters. The van der Waals surface area contributed by atoms with Gasteiger partial charge >= 0.3 is 5.91 Å². The Labute approximate surface area is 196 Å². The second kappa shape index (κ2) is 8.15. The second-order valence-corrected chi connectivity index (χ2v) is 9.63. The Kier molecular flexibility index (Phi) is 5.29. The maximum atomic E-state index is 13.2. The number of aliphatic hydroxyl groups excluding tert-OH is 1. The molecular formula is C26H24N2O4S. The Morgan fingerprint density at radius 1 is 1.18 bits per heavy atom. The Balaban J connectivity index is 1.66. The van der Waals surface area contributed by atoms with E-state index in [1.165, 1.54) is 16.2 Å². The standard InChI is InChI=1S/C26H24N2O4S/c1-14(2)16-4-6-17(7-5-16)22-21(24(30)25(31)28(22)26-27-10-11-33-26)23(29)18-8-9-20-19(13-18)12-15(3)32-20/h4-11,13-15,22,29H,12H2,1-3H3/b23-21+. The van der Waals surface area contributed by atoms with Gasteiger partial charge in [0.05, 0.1) is 11.6 Å². The molecule has 1 N–H and O–H groups in total. The number of thiazole rings is 1. The molecule has 2 aliphatic rings. The van der Waals surface area contributed by atoms with Crippen LogP contribution < -0.4 is 9.64 Å². The minimum atomic E-state index is -0.763. The monoisotopic (exact) mass is 460 g/mol. The summed E-state index contributed by atoms with van der Waals surface area (Å²) in [5, 5.41) is 13.5. The van der Waals surface area contributed by atoms with Crippen molar-refractivity contribution in [3.05, 3.63) is 81.9 Å². The molecule has 0 aliphatic carbocycles. The molecule has 168 valence electrons. The maximum Gasteiger partial charge on any atom is 0.301 e. The van der Waals surface area contributed by atoms with Crippen LogP contribution in [0.25, 0.3) is 5.76 Å². The van der Waals surface area contributed by atoms with Crippen LogP contribution in [0.1, 0.15) is 55.0 Å². The van der Waals surface area contributed by atoms with E-state index in [0.29, 0.717) is 16.6 Å². The molecule has 2 aromatic carbocycles. The van der Waals surface area contributed by atoms with Crippen molar-refractivity contribution in [2.24, 2.45) is 0 Å². The molecule has 0 saturated carbocycles. The fraction of sp³-hybridized carbons (Fsp3) is 0.269. The lowest BCUT2D eigenvalue weighted by Gasteiger charge is -2.23. The van der Waals surface area contributed by atoms with E-state index in [2.05, 4.69) is 18.8 Å². The van der Waals surface area contributed by atoms with E-state index in [1.807, 2.05) is 37.3 Å². The quantitative estimate of drug-likeness (QED) is 0.328. The zero-order chi connectivity index (χ0) is 23.3. The number of hydrogen-bond donors (Lipinski definition) is 1. The third-order valence-corrected chi connectivity index (χ3v) is 6.93. The molecule has 0 spiro atoms. The van der Waals surface area contributed by atoms with Crippen LogP contribution in [-0.4, -0.2) is 27.9 Å². The van der Waals surface area contributed by atoms with E-state index in [-0.39, 0.29) is 17.4 Å². The number of aliphatic hydroxyl groups is 1. The SMILES string of the molecule is CC1Cc2cc(/C(O)=C3\C(=O)C(=O)N(c4nccs4)C3c3ccc(C(C)C)cc3)ccc2O1. The van der Waals surface area contributed by atoms with Gasteiger partial charge in [0.2, 0.25) is 0 Å². The summed E-state index contributed by atoms with van der Waals surface area (Å²) in [6.45, 7) is 6.20. The highest BCUT2D eigenvalue weighted by Gasteiger charge is 2.48. The van der Waals surface area contributed by atoms with Crippen molar-refractivity contribution >= 4 is 33.9 Å². The van der Waals surface area contributed by atoms with Crippen molar-refractivity contribution in [2.45, 2.75) is 45.3 Å². The van der Waals surface area contributed by atoms with E-state index in [9.17, 15) is 14.7 Å². The van der Waals surface area contributed by atoms with Crippen LogP contribution in [0.4, 0.5) is 5.13 Å². The van der Waals surface area contributed by atoms with Crippen molar-refractivity contribution in [1.29, 1.82) is 0 Å². The Hall–Kier alpha value is -3.45. The minimum Gasteiger partial charge on any atom is -0.507 e. The predicted molar refractivity (Wildman–Crippen MR) is 128 cm³/mol. The number of Topliss-reactive ketones (excluding diaryl/α,β-unsaturated/α-hetero) is 1. The van der Waals surface area contributed by atoms with Crippen molar-refractivity contribution < 1.29 is 19.4 Å². The average molecular weight is 461 g/mol. The molecule has 0 radical (unpaired) electrons.